The van der Waals surface area contributed by atoms with Gasteiger partial charge < -0.3 is 19.7 Å². The lowest BCUT2D eigenvalue weighted by atomic mass is 9.87. The zero-order chi connectivity index (χ0) is 19.9. The Bertz CT molecular complexity index is 755. The number of carboxylic acids is 1. The van der Waals surface area contributed by atoms with Gasteiger partial charge in [0.15, 0.2) is 0 Å². The number of carbonyl (C=O) groups is 1. The predicted octanol–water partition coefficient (Wildman–Crippen LogP) is 3.90. The van der Waals surface area contributed by atoms with Crippen LogP contribution in [0.5, 0.6) is 11.5 Å². The SMILES string of the molecule is CC(C)(C)c1ccc(OCC(O)COc2ccc(C=CC(=O)O)cc2)cc1. The number of aliphatic carboxylic acids is 1. The lowest BCUT2D eigenvalue weighted by Crippen LogP contribution is -2.25. The van der Waals surface area contributed by atoms with E-state index in [0.717, 1.165) is 11.6 Å². The number of benzene rings is 2. The maximum atomic E-state index is 10.5. The van der Waals surface area contributed by atoms with Crippen LogP contribution in [0.4, 0.5) is 0 Å². The van der Waals surface area contributed by atoms with Crippen LogP contribution in [0.15, 0.2) is 54.6 Å². The lowest BCUT2D eigenvalue weighted by Gasteiger charge is -2.19. The lowest BCUT2D eigenvalue weighted by molar-refractivity contribution is -0.131. The molecule has 2 rings (SSSR count). The Morgan fingerprint density at radius 3 is 1.89 bits per heavy atom. The standard InChI is InChI=1S/C22H26O5/c1-22(2,3)17-7-11-20(12-8-17)27-15-18(23)14-26-19-9-4-16(5-10-19)6-13-21(24)25/h4-13,18,23H,14-15H2,1-3H3,(H,24,25). The summed E-state index contributed by atoms with van der Waals surface area (Å²) in [5, 5.41) is 18.6. The quantitative estimate of drug-likeness (QED) is 0.689. The summed E-state index contributed by atoms with van der Waals surface area (Å²) in [6.07, 6.45) is 1.81. The van der Waals surface area contributed by atoms with Crippen molar-refractivity contribution >= 4 is 12.0 Å². The minimum absolute atomic E-state index is 0.0881. The highest BCUT2D eigenvalue weighted by atomic mass is 16.5. The number of aliphatic hydroxyl groups excluding tert-OH is 1. The third-order valence-electron chi connectivity index (χ3n) is 3.90. The molecule has 0 fully saturated rings. The van der Waals surface area contributed by atoms with E-state index >= 15 is 0 Å². The monoisotopic (exact) mass is 370 g/mol. The summed E-state index contributed by atoms with van der Waals surface area (Å²) < 4.78 is 11.1. The summed E-state index contributed by atoms with van der Waals surface area (Å²) in [4.78, 5) is 10.5. The minimum atomic E-state index is -0.994. The molecule has 0 saturated carbocycles. The van der Waals surface area contributed by atoms with E-state index in [-0.39, 0.29) is 18.6 Å². The first-order valence-corrected chi connectivity index (χ1v) is 8.79. The fourth-order valence-electron chi connectivity index (χ4n) is 2.33. The molecule has 0 bridgehead atoms. The molecule has 0 amide bonds. The van der Waals surface area contributed by atoms with Gasteiger partial charge in [-0.15, -0.1) is 0 Å². The number of carboxylic acid groups (broad SMARTS) is 1. The number of aliphatic hydroxyl groups is 1. The van der Waals surface area contributed by atoms with Gasteiger partial charge in [0.25, 0.3) is 0 Å². The highest BCUT2D eigenvalue weighted by Gasteiger charge is 2.13. The third kappa shape index (κ3) is 7.15. The molecule has 2 aromatic carbocycles. The first-order chi connectivity index (χ1) is 12.7. The largest absolute Gasteiger partial charge is 0.491 e. The number of hydrogen-bond donors (Lipinski definition) is 2. The Morgan fingerprint density at radius 1 is 0.963 bits per heavy atom. The molecule has 27 heavy (non-hydrogen) atoms. The van der Waals surface area contributed by atoms with Crippen LogP contribution in [-0.4, -0.2) is 35.5 Å². The average molecular weight is 370 g/mol. The fraction of sp³-hybridized carbons (Fsp3) is 0.318. The van der Waals surface area contributed by atoms with Crippen LogP contribution >= 0.6 is 0 Å². The molecular formula is C22H26O5. The second-order valence-electron chi connectivity index (χ2n) is 7.29. The van der Waals surface area contributed by atoms with Crippen molar-refractivity contribution in [2.75, 3.05) is 13.2 Å². The molecule has 0 aliphatic carbocycles. The van der Waals surface area contributed by atoms with Gasteiger partial charge in [-0.1, -0.05) is 45.0 Å². The summed E-state index contributed by atoms with van der Waals surface area (Å²) in [6, 6.07) is 14.8. The zero-order valence-electron chi connectivity index (χ0n) is 15.9. The molecule has 0 radical (unpaired) electrons. The van der Waals surface area contributed by atoms with E-state index in [4.69, 9.17) is 14.6 Å². The molecular weight excluding hydrogens is 344 g/mol. The Balaban J connectivity index is 1.77. The summed E-state index contributed by atoms with van der Waals surface area (Å²) >= 11 is 0. The Morgan fingerprint density at radius 2 is 1.44 bits per heavy atom. The molecule has 0 aliphatic heterocycles. The Hall–Kier alpha value is -2.79. The number of hydrogen-bond acceptors (Lipinski definition) is 4. The van der Waals surface area contributed by atoms with E-state index in [1.807, 2.05) is 24.3 Å². The minimum Gasteiger partial charge on any atom is -0.491 e. The van der Waals surface area contributed by atoms with Crippen LogP contribution in [0.25, 0.3) is 6.08 Å². The second kappa shape index (κ2) is 9.24. The van der Waals surface area contributed by atoms with Gasteiger partial charge >= 0.3 is 5.97 Å². The highest BCUT2D eigenvalue weighted by Crippen LogP contribution is 2.24. The predicted molar refractivity (Wildman–Crippen MR) is 105 cm³/mol. The van der Waals surface area contributed by atoms with Crippen molar-refractivity contribution in [2.24, 2.45) is 0 Å². The Labute approximate surface area is 159 Å². The van der Waals surface area contributed by atoms with Crippen LogP contribution in [-0.2, 0) is 10.2 Å². The van der Waals surface area contributed by atoms with Gasteiger partial charge in [-0.3, -0.25) is 0 Å². The second-order valence-corrected chi connectivity index (χ2v) is 7.29. The van der Waals surface area contributed by atoms with Gasteiger partial charge in [-0.2, -0.15) is 0 Å². The van der Waals surface area contributed by atoms with E-state index in [9.17, 15) is 9.90 Å². The van der Waals surface area contributed by atoms with E-state index < -0.39 is 12.1 Å². The maximum Gasteiger partial charge on any atom is 0.328 e. The molecule has 5 heteroatoms. The van der Waals surface area contributed by atoms with Crippen LogP contribution in [0, 0.1) is 0 Å². The van der Waals surface area contributed by atoms with Gasteiger partial charge in [-0.25, -0.2) is 4.79 Å². The van der Waals surface area contributed by atoms with Crippen LogP contribution < -0.4 is 9.47 Å². The maximum absolute atomic E-state index is 10.5. The molecule has 0 heterocycles. The molecule has 1 unspecified atom stereocenters. The zero-order valence-corrected chi connectivity index (χ0v) is 15.9. The van der Waals surface area contributed by atoms with Crippen molar-refractivity contribution in [3.63, 3.8) is 0 Å². The molecule has 2 N–H and O–H groups in total. The van der Waals surface area contributed by atoms with Crippen molar-refractivity contribution in [3.05, 3.63) is 65.7 Å². The number of rotatable bonds is 8. The van der Waals surface area contributed by atoms with Crippen molar-refractivity contribution in [2.45, 2.75) is 32.3 Å². The summed E-state index contributed by atoms with van der Waals surface area (Å²) in [5.41, 5.74) is 2.07. The summed E-state index contributed by atoms with van der Waals surface area (Å²) in [5.74, 6) is 0.305. The first kappa shape index (κ1) is 20.5. The summed E-state index contributed by atoms with van der Waals surface area (Å²) in [7, 11) is 0. The van der Waals surface area contributed by atoms with Crippen molar-refractivity contribution in [3.8, 4) is 11.5 Å². The van der Waals surface area contributed by atoms with Gasteiger partial charge in [-0.05, 0) is 46.9 Å². The van der Waals surface area contributed by atoms with E-state index in [0.29, 0.717) is 11.5 Å². The van der Waals surface area contributed by atoms with Crippen molar-refractivity contribution in [1.82, 2.24) is 0 Å². The Kier molecular flexibility index (Phi) is 7.02. The first-order valence-electron chi connectivity index (χ1n) is 8.79. The molecule has 0 aliphatic rings. The highest BCUT2D eigenvalue weighted by molar-refractivity contribution is 5.85. The molecule has 0 saturated heterocycles. The summed E-state index contributed by atoms with van der Waals surface area (Å²) in [6.45, 7) is 6.69. The normalized spacial score (nSPS) is 12.7. The molecule has 0 aromatic heterocycles. The van der Waals surface area contributed by atoms with Crippen LogP contribution in [0.1, 0.15) is 31.9 Å². The van der Waals surface area contributed by atoms with Crippen LogP contribution in [0.3, 0.4) is 0 Å². The molecule has 0 spiro atoms. The van der Waals surface area contributed by atoms with Gasteiger partial charge in [0.2, 0.25) is 0 Å². The smallest absolute Gasteiger partial charge is 0.328 e. The van der Waals surface area contributed by atoms with Gasteiger partial charge in [0.1, 0.15) is 30.8 Å². The molecule has 2 aromatic rings. The van der Waals surface area contributed by atoms with Gasteiger partial charge in [0.05, 0.1) is 0 Å². The van der Waals surface area contributed by atoms with Crippen LogP contribution in [0.2, 0.25) is 0 Å². The van der Waals surface area contributed by atoms with Crippen molar-refractivity contribution < 1.29 is 24.5 Å². The average Bonchev–Trinajstić information content (AvgIpc) is 2.63. The topological polar surface area (TPSA) is 76.0 Å². The van der Waals surface area contributed by atoms with E-state index in [1.54, 1.807) is 24.3 Å². The van der Waals surface area contributed by atoms with E-state index in [2.05, 4.69) is 20.8 Å². The third-order valence-corrected chi connectivity index (χ3v) is 3.90. The fourth-order valence-corrected chi connectivity index (χ4v) is 2.33. The van der Waals surface area contributed by atoms with Crippen molar-refractivity contribution in [1.29, 1.82) is 0 Å². The molecule has 144 valence electrons. The molecule has 1 atom stereocenters. The molecule has 5 nitrogen and oxygen atoms in total. The van der Waals surface area contributed by atoms with Gasteiger partial charge in [0, 0.05) is 6.08 Å². The van der Waals surface area contributed by atoms with E-state index in [1.165, 1.54) is 11.6 Å². The number of ether oxygens (including phenoxy) is 2.